The van der Waals surface area contributed by atoms with Crippen LogP contribution in [0, 0.1) is 5.41 Å². The number of nitrogens with one attached hydrogen (secondary N) is 2. The smallest absolute Gasteiger partial charge is 0.137 e. The van der Waals surface area contributed by atoms with Crippen LogP contribution in [0.1, 0.15) is 31.2 Å². The normalized spacial score (nSPS) is 23.9. The van der Waals surface area contributed by atoms with Crippen LogP contribution in [0.2, 0.25) is 0 Å². The summed E-state index contributed by atoms with van der Waals surface area (Å²) in [4.78, 5) is 11.5. The molecule has 148 valence electrons. The van der Waals surface area contributed by atoms with Crippen LogP contribution in [0.4, 0.5) is 5.82 Å². The van der Waals surface area contributed by atoms with Gasteiger partial charge in [0.05, 0.1) is 24.4 Å². The highest BCUT2D eigenvalue weighted by molar-refractivity contribution is 6.09. The lowest BCUT2D eigenvalue weighted by molar-refractivity contribution is 0.00791. The maximum atomic E-state index is 8.11. The molecule has 0 spiro atoms. The number of hydrogen-bond acceptors (Lipinski definition) is 7. The quantitative estimate of drug-likeness (QED) is 0.689. The molecule has 28 heavy (non-hydrogen) atoms. The van der Waals surface area contributed by atoms with E-state index in [1.54, 1.807) is 12.4 Å². The standard InChI is InChI=1S/C21H28N6O/c22-8-7-19(23)15-1-6-20-18(13-15)21(25-14-24-20)26-16-2-4-17(5-3-16)27-9-11-28-12-10-27/h1,6-8,13-14,16-17,23H,2-5,9-12,22H2,(H,24,25,26)/b8-7-,23-19?/t16-,17-. The van der Waals surface area contributed by atoms with E-state index in [1.165, 1.54) is 19.0 Å². The third-order valence-corrected chi connectivity index (χ3v) is 5.81. The molecule has 0 radical (unpaired) electrons. The molecule has 1 aromatic heterocycles. The molecule has 0 unspecified atom stereocenters. The lowest BCUT2D eigenvalue weighted by Crippen LogP contribution is -2.46. The summed E-state index contributed by atoms with van der Waals surface area (Å²) in [7, 11) is 0. The average Bonchev–Trinajstić information content (AvgIpc) is 2.75. The monoisotopic (exact) mass is 380 g/mol. The van der Waals surface area contributed by atoms with E-state index in [9.17, 15) is 0 Å². The average molecular weight is 380 g/mol. The van der Waals surface area contributed by atoms with Gasteiger partial charge in [-0.2, -0.15) is 0 Å². The van der Waals surface area contributed by atoms with Gasteiger partial charge in [-0.15, -0.1) is 0 Å². The summed E-state index contributed by atoms with van der Waals surface area (Å²) < 4.78 is 5.48. The van der Waals surface area contributed by atoms with Gasteiger partial charge in [-0.1, -0.05) is 6.07 Å². The number of benzene rings is 1. The van der Waals surface area contributed by atoms with Crippen molar-refractivity contribution in [3.05, 3.63) is 42.4 Å². The van der Waals surface area contributed by atoms with E-state index in [0.717, 1.165) is 61.4 Å². The van der Waals surface area contributed by atoms with Crippen molar-refractivity contribution in [3.63, 3.8) is 0 Å². The summed E-state index contributed by atoms with van der Waals surface area (Å²) >= 11 is 0. The molecule has 7 heteroatoms. The number of nitrogens with two attached hydrogens (primary N) is 1. The van der Waals surface area contributed by atoms with Gasteiger partial charge in [-0.25, -0.2) is 9.97 Å². The number of ether oxygens (including phenoxy) is 1. The van der Waals surface area contributed by atoms with Gasteiger partial charge < -0.3 is 21.2 Å². The molecule has 7 nitrogen and oxygen atoms in total. The Morgan fingerprint density at radius 1 is 1.18 bits per heavy atom. The van der Waals surface area contributed by atoms with Crippen LogP contribution < -0.4 is 11.1 Å². The fourth-order valence-corrected chi connectivity index (χ4v) is 4.25. The van der Waals surface area contributed by atoms with E-state index in [-0.39, 0.29) is 0 Å². The Morgan fingerprint density at radius 2 is 1.96 bits per heavy atom. The first kappa shape index (κ1) is 18.8. The van der Waals surface area contributed by atoms with Crippen LogP contribution in [0.3, 0.4) is 0 Å². The van der Waals surface area contributed by atoms with Crippen molar-refractivity contribution >= 4 is 22.4 Å². The van der Waals surface area contributed by atoms with Crippen molar-refractivity contribution in [3.8, 4) is 0 Å². The summed E-state index contributed by atoms with van der Waals surface area (Å²) in [5, 5.41) is 12.7. The highest BCUT2D eigenvalue weighted by atomic mass is 16.5. The van der Waals surface area contributed by atoms with Crippen molar-refractivity contribution in [1.29, 1.82) is 5.41 Å². The zero-order valence-corrected chi connectivity index (χ0v) is 16.1. The molecular weight excluding hydrogens is 352 g/mol. The molecule has 2 fully saturated rings. The predicted octanol–water partition coefficient (Wildman–Crippen LogP) is 2.53. The third kappa shape index (κ3) is 4.15. The van der Waals surface area contributed by atoms with Crippen molar-refractivity contribution in [2.75, 3.05) is 31.6 Å². The summed E-state index contributed by atoms with van der Waals surface area (Å²) in [6, 6.07) is 6.90. The number of allylic oxidation sites excluding steroid dienone is 1. The zero-order chi connectivity index (χ0) is 19.3. The van der Waals surface area contributed by atoms with Gasteiger partial charge in [-0.3, -0.25) is 4.90 Å². The number of aromatic nitrogens is 2. The second-order valence-electron chi connectivity index (χ2n) is 7.53. The highest BCUT2D eigenvalue weighted by Gasteiger charge is 2.27. The van der Waals surface area contributed by atoms with Gasteiger partial charge in [0.1, 0.15) is 12.1 Å². The maximum absolute atomic E-state index is 8.11. The Hall–Kier alpha value is -2.51. The fourth-order valence-electron chi connectivity index (χ4n) is 4.25. The van der Waals surface area contributed by atoms with Crippen molar-refractivity contribution in [2.24, 2.45) is 5.73 Å². The minimum atomic E-state index is 0.380. The van der Waals surface area contributed by atoms with E-state index >= 15 is 0 Å². The number of anilines is 1. The topological polar surface area (TPSA) is 100 Å². The molecule has 4 N–H and O–H groups in total. The number of nitrogens with zero attached hydrogens (tertiary/aromatic N) is 3. The Labute approximate surface area is 165 Å². The van der Waals surface area contributed by atoms with E-state index < -0.39 is 0 Å². The van der Waals surface area contributed by atoms with Gasteiger partial charge in [-0.05, 0) is 50.1 Å². The number of morpholine rings is 1. The van der Waals surface area contributed by atoms with Crippen molar-refractivity contribution < 1.29 is 4.74 Å². The summed E-state index contributed by atoms with van der Waals surface area (Å²) in [6.07, 6.45) is 9.27. The van der Waals surface area contributed by atoms with Gasteiger partial charge in [0, 0.05) is 36.1 Å². The third-order valence-electron chi connectivity index (χ3n) is 5.81. The van der Waals surface area contributed by atoms with Crippen LogP contribution >= 0.6 is 0 Å². The van der Waals surface area contributed by atoms with Gasteiger partial charge in [0.15, 0.2) is 0 Å². The van der Waals surface area contributed by atoms with Gasteiger partial charge >= 0.3 is 0 Å². The van der Waals surface area contributed by atoms with E-state index in [2.05, 4.69) is 20.2 Å². The molecule has 1 saturated carbocycles. The molecule has 2 aliphatic rings. The molecule has 1 aromatic carbocycles. The second kappa shape index (κ2) is 8.67. The minimum absolute atomic E-state index is 0.380. The van der Waals surface area contributed by atoms with Crippen molar-refractivity contribution in [2.45, 2.75) is 37.8 Å². The van der Waals surface area contributed by atoms with Gasteiger partial charge in [0.25, 0.3) is 0 Å². The Bertz CT molecular complexity index is 853. The number of hydrogen-bond donors (Lipinski definition) is 3. The molecule has 0 bridgehead atoms. The van der Waals surface area contributed by atoms with Crippen LogP contribution in [0.15, 0.2) is 36.8 Å². The molecule has 1 aliphatic heterocycles. The zero-order valence-electron chi connectivity index (χ0n) is 16.1. The lowest BCUT2D eigenvalue weighted by Gasteiger charge is -2.39. The van der Waals surface area contributed by atoms with E-state index in [1.807, 2.05) is 18.2 Å². The molecule has 2 aromatic rings. The lowest BCUT2D eigenvalue weighted by atomic mass is 9.90. The predicted molar refractivity (Wildman–Crippen MR) is 112 cm³/mol. The first-order valence-corrected chi connectivity index (χ1v) is 10.0. The molecule has 0 amide bonds. The fraction of sp³-hybridized carbons (Fsp3) is 0.476. The van der Waals surface area contributed by atoms with E-state index in [0.29, 0.717) is 17.8 Å². The second-order valence-corrected chi connectivity index (χ2v) is 7.53. The Kier molecular flexibility index (Phi) is 5.83. The minimum Gasteiger partial charge on any atom is -0.405 e. The summed E-state index contributed by atoms with van der Waals surface area (Å²) in [6.45, 7) is 3.85. The van der Waals surface area contributed by atoms with Crippen LogP contribution in [0.25, 0.3) is 10.9 Å². The highest BCUT2D eigenvalue weighted by Crippen LogP contribution is 2.28. The van der Waals surface area contributed by atoms with Crippen LogP contribution in [-0.4, -0.2) is 59.0 Å². The summed E-state index contributed by atoms with van der Waals surface area (Å²) in [5.41, 5.74) is 7.50. The number of rotatable bonds is 5. The SMILES string of the molecule is N=C(/C=C\N)c1ccc2ncnc(N[C@H]3CC[C@H](N4CCOCC4)CC3)c2c1. The molecule has 2 heterocycles. The number of fused-ring (bicyclic) bond motifs is 1. The molecule has 1 saturated heterocycles. The Morgan fingerprint density at radius 3 is 2.71 bits per heavy atom. The first-order chi connectivity index (χ1) is 13.7. The first-order valence-electron chi connectivity index (χ1n) is 10.0. The van der Waals surface area contributed by atoms with Crippen LogP contribution in [-0.2, 0) is 4.74 Å². The molecular formula is C21H28N6O. The molecule has 4 rings (SSSR count). The van der Waals surface area contributed by atoms with Crippen LogP contribution in [0.5, 0.6) is 0 Å². The maximum Gasteiger partial charge on any atom is 0.137 e. The van der Waals surface area contributed by atoms with Crippen molar-refractivity contribution in [1.82, 2.24) is 14.9 Å². The summed E-state index contributed by atoms with van der Waals surface area (Å²) in [5.74, 6) is 0.853. The molecule has 0 atom stereocenters. The molecule has 1 aliphatic carbocycles. The van der Waals surface area contributed by atoms with Gasteiger partial charge in [0.2, 0.25) is 0 Å². The largest absolute Gasteiger partial charge is 0.405 e. The van der Waals surface area contributed by atoms with E-state index in [4.69, 9.17) is 15.9 Å². The Balaban J connectivity index is 1.46.